The smallest absolute Gasteiger partial charge is 0.271 e. The molecule has 20 heavy (non-hydrogen) atoms. The second kappa shape index (κ2) is 4.45. The van der Waals surface area contributed by atoms with E-state index in [1.165, 1.54) is 12.1 Å². The highest BCUT2D eigenvalue weighted by atomic mass is 16.6. The molecule has 1 fully saturated rings. The number of aromatic nitrogens is 2. The third-order valence-corrected chi connectivity index (χ3v) is 4.01. The quantitative estimate of drug-likeness (QED) is 0.655. The van der Waals surface area contributed by atoms with Crippen molar-refractivity contribution in [2.45, 2.75) is 13.3 Å². The van der Waals surface area contributed by atoms with Crippen LogP contribution < -0.4 is 10.6 Å². The first-order valence-electron chi connectivity index (χ1n) is 6.60. The zero-order chi connectivity index (χ0) is 14.3. The van der Waals surface area contributed by atoms with Crippen LogP contribution in [0.15, 0.2) is 18.2 Å². The number of benzene rings is 1. The lowest BCUT2D eigenvalue weighted by molar-refractivity contribution is -0.384. The Morgan fingerprint density at radius 3 is 3.05 bits per heavy atom. The number of nitro benzene ring substituents is 1. The average molecular weight is 275 g/mol. The van der Waals surface area contributed by atoms with Gasteiger partial charge in [0.05, 0.1) is 16.0 Å². The molecule has 0 radical (unpaired) electrons. The van der Waals surface area contributed by atoms with Gasteiger partial charge in [0, 0.05) is 25.2 Å². The Morgan fingerprint density at radius 1 is 1.60 bits per heavy atom. The van der Waals surface area contributed by atoms with Crippen molar-refractivity contribution in [3.8, 4) is 0 Å². The van der Waals surface area contributed by atoms with E-state index in [4.69, 9.17) is 5.73 Å². The minimum atomic E-state index is -0.401. The maximum Gasteiger partial charge on any atom is 0.271 e. The van der Waals surface area contributed by atoms with Gasteiger partial charge in [-0.15, -0.1) is 0 Å². The van der Waals surface area contributed by atoms with Crippen LogP contribution in [0.25, 0.3) is 11.0 Å². The highest BCUT2D eigenvalue weighted by Crippen LogP contribution is 2.32. The molecule has 1 atom stereocenters. The number of nitro groups is 1. The molecule has 2 heterocycles. The first-order chi connectivity index (χ1) is 9.50. The van der Waals surface area contributed by atoms with Crippen LogP contribution >= 0.6 is 0 Å². The Hall–Kier alpha value is -2.15. The summed E-state index contributed by atoms with van der Waals surface area (Å²) >= 11 is 0. The molecule has 106 valence electrons. The van der Waals surface area contributed by atoms with Gasteiger partial charge in [-0.05, 0) is 24.4 Å². The first-order valence-corrected chi connectivity index (χ1v) is 6.60. The number of rotatable bonds is 3. The van der Waals surface area contributed by atoms with E-state index in [9.17, 15) is 10.1 Å². The highest BCUT2D eigenvalue weighted by molar-refractivity contribution is 5.80. The van der Waals surface area contributed by atoms with E-state index >= 15 is 0 Å². The van der Waals surface area contributed by atoms with Crippen molar-refractivity contribution in [1.82, 2.24) is 9.97 Å². The van der Waals surface area contributed by atoms with Crippen molar-refractivity contribution in [3.63, 3.8) is 0 Å². The van der Waals surface area contributed by atoms with Gasteiger partial charge >= 0.3 is 0 Å². The van der Waals surface area contributed by atoms with Gasteiger partial charge in [-0.3, -0.25) is 10.1 Å². The van der Waals surface area contributed by atoms with Crippen molar-refractivity contribution in [2.24, 2.45) is 11.1 Å². The molecule has 1 aromatic carbocycles. The van der Waals surface area contributed by atoms with Gasteiger partial charge in [-0.25, -0.2) is 4.98 Å². The standard InChI is InChI=1S/C13H17N5O2/c1-13(7-14)4-5-17(8-13)12-15-10-3-2-9(18(19)20)6-11(10)16-12/h2-3,6H,4-5,7-8,14H2,1H3,(H,15,16). The number of fused-ring (bicyclic) bond motifs is 1. The maximum atomic E-state index is 10.8. The first kappa shape index (κ1) is 12.9. The molecule has 1 aliphatic heterocycles. The van der Waals surface area contributed by atoms with Crippen molar-refractivity contribution in [3.05, 3.63) is 28.3 Å². The van der Waals surface area contributed by atoms with Gasteiger partial charge in [-0.2, -0.15) is 0 Å². The lowest BCUT2D eigenvalue weighted by Gasteiger charge is -2.22. The number of hydrogen-bond donors (Lipinski definition) is 2. The van der Waals surface area contributed by atoms with E-state index in [1.54, 1.807) is 6.07 Å². The Bertz CT molecular complexity index is 668. The van der Waals surface area contributed by atoms with E-state index < -0.39 is 4.92 Å². The lowest BCUT2D eigenvalue weighted by atomic mass is 9.90. The van der Waals surface area contributed by atoms with Crippen LogP contribution in [0.3, 0.4) is 0 Å². The number of non-ortho nitro benzene ring substituents is 1. The van der Waals surface area contributed by atoms with Gasteiger partial charge < -0.3 is 15.6 Å². The Balaban J connectivity index is 1.92. The van der Waals surface area contributed by atoms with Crippen LogP contribution in [0.2, 0.25) is 0 Å². The normalized spacial score (nSPS) is 22.6. The number of nitrogens with one attached hydrogen (secondary N) is 1. The SMILES string of the molecule is CC1(CN)CCN(c2nc3ccc([N+](=O)[O-])cc3[nH]2)C1. The monoisotopic (exact) mass is 275 g/mol. The molecule has 3 rings (SSSR count). The number of anilines is 1. The van der Waals surface area contributed by atoms with Gasteiger partial charge in [0.15, 0.2) is 0 Å². The summed E-state index contributed by atoms with van der Waals surface area (Å²) in [6, 6.07) is 4.66. The van der Waals surface area contributed by atoms with E-state index in [2.05, 4.69) is 21.8 Å². The highest BCUT2D eigenvalue weighted by Gasteiger charge is 2.33. The minimum absolute atomic E-state index is 0.0703. The summed E-state index contributed by atoms with van der Waals surface area (Å²) in [6.07, 6.45) is 1.03. The Labute approximate surface area is 115 Å². The molecule has 0 bridgehead atoms. The van der Waals surface area contributed by atoms with Gasteiger partial charge in [0.1, 0.15) is 0 Å². The van der Waals surface area contributed by atoms with E-state index in [-0.39, 0.29) is 11.1 Å². The zero-order valence-electron chi connectivity index (χ0n) is 11.3. The van der Waals surface area contributed by atoms with Crippen molar-refractivity contribution < 1.29 is 4.92 Å². The fraction of sp³-hybridized carbons (Fsp3) is 0.462. The van der Waals surface area contributed by atoms with E-state index in [1.807, 2.05) is 0 Å². The van der Waals surface area contributed by atoms with E-state index in [0.29, 0.717) is 12.1 Å². The van der Waals surface area contributed by atoms with Crippen molar-refractivity contribution in [1.29, 1.82) is 0 Å². The minimum Gasteiger partial charge on any atom is -0.342 e. The van der Waals surface area contributed by atoms with Crippen LogP contribution in [-0.4, -0.2) is 34.5 Å². The third-order valence-electron chi connectivity index (χ3n) is 4.01. The molecule has 0 aliphatic carbocycles. The Kier molecular flexibility index (Phi) is 2.86. The fourth-order valence-electron chi connectivity index (χ4n) is 2.62. The fourth-order valence-corrected chi connectivity index (χ4v) is 2.62. The molecule has 1 aromatic heterocycles. The summed E-state index contributed by atoms with van der Waals surface area (Å²) in [5.74, 6) is 0.762. The number of nitrogens with two attached hydrogens (primary N) is 1. The summed E-state index contributed by atoms with van der Waals surface area (Å²) in [4.78, 5) is 20.2. The summed E-state index contributed by atoms with van der Waals surface area (Å²) in [7, 11) is 0. The number of H-pyrrole nitrogens is 1. The molecule has 1 unspecified atom stereocenters. The number of imidazole rings is 1. The molecule has 1 aliphatic rings. The molecule has 1 saturated heterocycles. The molecule has 0 spiro atoms. The number of nitrogens with zero attached hydrogens (tertiary/aromatic N) is 3. The van der Waals surface area contributed by atoms with Crippen LogP contribution in [-0.2, 0) is 0 Å². The molecular formula is C13H17N5O2. The molecular weight excluding hydrogens is 258 g/mol. The maximum absolute atomic E-state index is 10.8. The predicted octanol–water partition coefficient (Wildman–Crippen LogP) is 1.65. The molecule has 0 saturated carbocycles. The van der Waals surface area contributed by atoms with Crippen molar-refractivity contribution in [2.75, 3.05) is 24.5 Å². The topological polar surface area (TPSA) is 101 Å². The number of hydrogen-bond acceptors (Lipinski definition) is 5. The molecule has 3 N–H and O–H groups in total. The lowest BCUT2D eigenvalue weighted by Crippen LogP contribution is -2.31. The van der Waals surface area contributed by atoms with E-state index in [0.717, 1.165) is 31.0 Å². The van der Waals surface area contributed by atoms with Crippen molar-refractivity contribution >= 4 is 22.7 Å². The van der Waals surface area contributed by atoms with Crippen LogP contribution in [0.4, 0.5) is 11.6 Å². The summed E-state index contributed by atoms with van der Waals surface area (Å²) in [5.41, 5.74) is 7.42. The molecule has 2 aromatic rings. The summed E-state index contributed by atoms with van der Waals surface area (Å²) in [6.45, 7) is 4.57. The average Bonchev–Trinajstić information content (AvgIpc) is 3.01. The largest absolute Gasteiger partial charge is 0.342 e. The van der Waals surface area contributed by atoms with Crippen LogP contribution in [0.5, 0.6) is 0 Å². The summed E-state index contributed by atoms with van der Waals surface area (Å²) < 4.78 is 0. The van der Waals surface area contributed by atoms with Gasteiger partial charge in [0.2, 0.25) is 5.95 Å². The second-order valence-electron chi connectivity index (χ2n) is 5.71. The van der Waals surface area contributed by atoms with Crippen LogP contribution in [0, 0.1) is 15.5 Å². The van der Waals surface area contributed by atoms with Gasteiger partial charge in [-0.1, -0.05) is 6.92 Å². The molecule has 7 nitrogen and oxygen atoms in total. The molecule has 7 heteroatoms. The zero-order valence-corrected chi connectivity index (χ0v) is 11.3. The number of aromatic amines is 1. The molecule has 0 amide bonds. The van der Waals surface area contributed by atoms with Crippen LogP contribution in [0.1, 0.15) is 13.3 Å². The summed E-state index contributed by atoms with van der Waals surface area (Å²) in [5, 5.41) is 10.8. The Morgan fingerprint density at radius 2 is 2.40 bits per heavy atom. The second-order valence-corrected chi connectivity index (χ2v) is 5.71. The predicted molar refractivity (Wildman–Crippen MR) is 76.7 cm³/mol. The third kappa shape index (κ3) is 2.09. The van der Waals surface area contributed by atoms with Gasteiger partial charge in [0.25, 0.3) is 5.69 Å².